The third-order valence-corrected chi connectivity index (χ3v) is 6.78. The van der Waals surface area contributed by atoms with E-state index in [9.17, 15) is 14.4 Å². The van der Waals surface area contributed by atoms with E-state index in [0.29, 0.717) is 38.9 Å². The summed E-state index contributed by atoms with van der Waals surface area (Å²) in [5, 5.41) is -0.224. The summed E-state index contributed by atoms with van der Waals surface area (Å²) < 4.78 is 16.0. The molecule has 2 aliphatic rings. The molecule has 0 bridgehead atoms. The number of rotatable bonds is 7. The van der Waals surface area contributed by atoms with Gasteiger partial charge in [-0.25, -0.2) is 4.79 Å². The zero-order valence-corrected chi connectivity index (χ0v) is 19.3. The Morgan fingerprint density at radius 3 is 2.60 bits per heavy atom. The van der Waals surface area contributed by atoms with Crippen molar-refractivity contribution in [3.63, 3.8) is 0 Å². The van der Waals surface area contributed by atoms with Crippen molar-refractivity contribution in [1.82, 2.24) is 4.90 Å². The lowest BCUT2D eigenvalue weighted by Crippen LogP contribution is -2.34. The van der Waals surface area contributed by atoms with Crippen molar-refractivity contribution in [2.45, 2.75) is 32.1 Å². The number of imide groups is 1. The molecule has 3 rings (SSSR count). The Bertz CT molecular complexity index is 865. The van der Waals surface area contributed by atoms with Gasteiger partial charge < -0.3 is 14.2 Å². The average Bonchev–Trinajstić information content (AvgIpc) is 3.01. The zero-order valence-electron chi connectivity index (χ0n) is 16.9. The van der Waals surface area contributed by atoms with Crippen LogP contribution in [0.3, 0.4) is 0 Å². The van der Waals surface area contributed by atoms with E-state index in [1.54, 1.807) is 18.2 Å². The predicted molar refractivity (Wildman–Crippen MR) is 117 cm³/mol. The molecular weight excluding hydrogens is 474 g/mol. The number of amides is 2. The van der Waals surface area contributed by atoms with Crippen molar-refractivity contribution < 1.29 is 28.6 Å². The number of ether oxygens (including phenoxy) is 3. The lowest BCUT2D eigenvalue weighted by atomic mass is 9.89. The van der Waals surface area contributed by atoms with Crippen LogP contribution in [0, 0.1) is 5.92 Å². The van der Waals surface area contributed by atoms with E-state index in [-0.39, 0.29) is 17.8 Å². The molecular formula is C21H24BrNO6S. The lowest BCUT2D eigenvalue weighted by Gasteiger charge is -2.25. The van der Waals surface area contributed by atoms with Gasteiger partial charge >= 0.3 is 5.97 Å². The van der Waals surface area contributed by atoms with Gasteiger partial charge in [0.05, 0.1) is 19.1 Å². The molecule has 9 heteroatoms. The molecule has 1 saturated heterocycles. The van der Waals surface area contributed by atoms with E-state index in [1.807, 2.05) is 0 Å². The smallest absolute Gasteiger partial charge is 0.343 e. The number of thioether (sulfide) groups is 1. The van der Waals surface area contributed by atoms with Gasteiger partial charge in [-0.1, -0.05) is 35.2 Å². The Kier molecular flexibility index (Phi) is 7.82. The van der Waals surface area contributed by atoms with Gasteiger partial charge in [0.15, 0.2) is 18.1 Å². The van der Waals surface area contributed by atoms with Crippen LogP contribution < -0.4 is 9.47 Å². The topological polar surface area (TPSA) is 82.1 Å². The van der Waals surface area contributed by atoms with Gasteiger partial charge in [0.25, 0.3) is 11.1 Å². The van der Waals surface area contributed by atoms with Crippen molar-refractivity contribution in [3.05, 3.63) is 27.1 Å². The molecule has 1 aliphatic carbocycles. The van der Waals surface area contributed by atoms with Crippen molar-refractivity contribution >= 4 is 50.9 Å². The third kappa shape index (κ3) is 5.37. The quantitative estimate of drug-likeness (QED) is 0.401. The molecule has 2 fully saturated rings. The molecule has 0 spiro atoms. The first-order valence-corrected chi connectivity index (χ1v) is 11.4. The molecule has 7 nitrogen and oxygen atoms in total. The molecule has 30 heavy (non-hydrogen) atoms. The summed E-state index contributed by atoms with van der Waals surface area (Å²) in [6.07, 6.45) is 7.35. The molecule has 0 aromatic heterocycles. The maximum atomic E-state index is 12.8. The Morgan fingerprint density at radius 1 is 1.20 bits per heavy atom. The number of halogens is 1. The van der Waals surface area contributed by atoms with Crippen LogP contribution in [0.15, 0.2) is 21.5 Å². The Labute approximate surface area is 188 Å². The largest absolute Gasteiger partial charge is 0.493 e. The Morgan fingerprint density at radius 2 is 1.93 bits per heavy atom. The van der Waals surface area contributed by atoms with Gasteiger partial charge in [-0.2, -0.15) is 0 Å². The number of nitrogens with zero attached hydrogens (tertiary/aromatic N) is 1. The van der Waals surface area contributed by atoms with E-state index in [4.69, 9.17) is 9.47 Å². The fraction of sp³-hybridized carbons (Fsp3) is 0.476. The second kappa shape index (κ2) is 10.3. The number of hydrogen-bond acceptors (Lipinski definition) is 7. The minimum Gasteiger partial charge on any atom is -0.493 e. The summed E-state index contributed by atoms with van der Waals surface area (Å²) in [6, 6.07) is 3.34. The zero-order chi connectivity index (χ0) is 21.7. The van der Waals surface area contributed by atoms with Crippen LogP contribution in [0.5, 0.6) is 11.5 Å². The minimum atomic E-state index is -0.510. The highest BCUT2D eigenvalue weighted by atomic mass is 79.9. The van der Waals surface area contributed by atoms with Crippen molar-refractivity contribution in [1.29, 1.82) is 0 Å². The van der Waals surface area contributed by atoms with Gasteiger partial charge in [0.2, 0.25) is 0 Å². The molecule has 1 aliphatic heterocycles. The summed E-state index contributed by atoms with van der Waals surface area (Å²) in [6.45, 7) is 0.242. The number of hydrogen-bond donors (Lipinski definition) is 0. The van der Waals surface area contributed by atoms with E-state index in [0.717, 1.165) is 37.4 Å². The van der Waals surface area contributed by atoms with E-state index in [1.165, 1.54) is 25.5 Å². The van der Waals surface area contributed by atoms with Crippen LogP contribution in [-0.4, -0.2) is 49.4 Å². The lowest BCUT2D eigenvalue weighted by molar-refractivity contribution is -0.142. The van der Waals surface area contributed by atoms with Crippen LogP contribution in [0.25, 0.3) is 6.08 Å². The molecule has 0 unspecified atom stereocenters. The van der Waals surface area contributed by atoms with Gasteiger partial charge in [0, 0.05) is 11.0 Å². The average molecular weight is 498 g/mol. The van der Waals surface area contributed by atoms with Crippen molar-refractivity contribution in [2.24, 2.45) is 5.92 Å². The standard InChI is InChI=1S/C21H24BrNO6S/c1-27-16-8-14(15(22)10-17(16)29-12-19(24)28-2)9-18-20(25)23(21(26)30-18)11-13-6-4-3-5-7-13/h8-10,13H,3-7,11-12H2,1-2H3/b18-9+. The molecule has 0 radical (unpaired) electrons. The van der Waals surface area contributed by atoms with Crippen LogP contribution in [0.1, 0.15) is 37.7 Å². The summed E-state index contributed by atoms with van der Waals surface area (Å²) in [4.78, 5) is 38.3. The number of esters is 1. The summed E-state index contributed by atoms with van der Waals surface area (Å²) in [5.41, 5.74) is 0.667. The molecule has 2 amide bonds. The van der Waals surface area contributed by atoms with Gasteiger partial charge in [0.1, 0.15) is 0 Å². The predicted octanol–water partition coefficient (Wildman–Crippen LogP) is 4.63. The number of methoxy groups -OCH3 is 2. The molecule has 162 valence electrons. The first-order valence-electron chi connectivity index (χ1n) is 9.75. The number of carbonyl (C=O) groups excluding carboxylic acids is 3. The summed E-state index contributed by atoms with van der Waals surface area (Å²) in [5.74, 6) is 0.383. The van der Waals surface area contributed by atoms with Gasteiger partial charge in [-0.05, 0) is 54.3 Å². The van der Waals surface area contributed by atoms with E-state index in [2.05, 4.69) is 20.7 Å². The molecule has 0 atom stereocenters. The van der Waals surface area contributed by atoms with E-state index < -0.39 is 5.97 Å². The fourth-order valence-electron chi connectivity index (χ4n) is 3.56. The van der Waals surface area contributed by atoms with Gasteiger partial charge in [-0.15, -0.1) is 0 Å². The maximum Gasteiger partial charge on any atom is 0.343 e. The maximum absolute atomic E-state index is 12.8. The summed E-state index contributed by atoms with van der Waals surface area (Å²) >= 11 is 4.41. The third-order valence-electron chi connectivity index (χ3n) is 5.18. The second-order valence-corrected chi connectivity index (χ2v) is 9.03. The summed E-state index contributed by atoms with van der Waals surface area (Å²) in [7, 11) is 2.76. The molecule has 1 aromatic rings. The van der Waals surface area contributed by atoms with E-state index >= 15 is 0 Å². The van der Waals surface area contributed by atoms with Gasteiger partial charge in [-0.3, -0.25) is 14.5 Å². The number of benzene rings is 1. The van der Waals surface area contributed by atoms with Crippen molar-refractivity contribution in [2.75, 3.05) is 27.4 Å². The molecule has 1 heterocycles. The molecule has 0 N–H and O–H groups in total. The minimum absolute atomic E-state index is 0.224. The Balaban J connectivity index is 1.77. The molecule has 1 aromatic carbocycles. The fourth-order valence-corrected chi connectivity index (χ4v) is 4.83. The number of carbonyl (C=O) groups is 3. The SMILES string of the molecule is COC(=O)COc1cc(Br)c(/C=C2/SC(=O)N(CC3CCCCC3)C2=O)cc1OC. The van der Waals surface area contributed by atoms with Crippen LogP contribution in [-0.2, 0) is 14.3 Å². The van der Waals surface area contributed by atoms with Crippen LogP contribution in [0.4, 0.5) is 4.79 Å². The Hall–Kier alpha value is -2.00. The first kappa shape index (κ1) is 22.7. The highest BCUT2D eigenvalue weighted by molar-refractivity contribution is 9.10. The normalized spacial score (nSPS) is 18.8. The monoisotopic (exact) mass is 497 g/mol. The van der Waals surface area contributed by atoms with Crippen LogP contribution in [0.2, 0.25) is 0 Å². The highest BCUT2D eigenvalue weighted by Gasteiger charge is 2.36. The highest BCUT2D eigenvalue weighted by Crippen LogP contribution is 2.39. The second-order valence-electron chi connectivity index (χ2n) is 7.19. The first-order chi connectivity index (χ1) is 14.4. The molecule has 1 saturated carbocycles. The van der Waals surface area contributed by atoms with Crippen molar-refractivity contribution in [3.8, 4) is 11.5 Å². The van der Waals surface area contributed by atoms with Crippen LogP contribution >= 0.6 is 27.7 Å².